The van der Waals surface area contributed by atoms with Gasteiger partial charge in [-0.1, -0.05) is 95.5 Å². The zero-order valence-corrected chi connectivity index (χ0v) is 19.7. The number of hydrogen-bond acceptors (Lipinski definition) is 1. The van der Waals surface area contributed by atoms with E-state index in [1.165, 1.54) is 5.57 Å². The molecule has 0 bridgehead atoms. The van der Waals surface area contributed by atoms with Gasteiger partial charge in [-0.2, -0.15) is 0 Å². The lowest BCUT2D eigenvalue weighted by Crippen LogP contribution is -2.14. The van der Waals surface area contributed by atoms with Crippen LogP contribution in [0.5, 0.6) is 0 Å². The van der Waals surface area contributed by atoms with Crippen molar-refractivity contribution in [1.29, 1.82) is 0 Å². The Morgan fingerprint density at radius 3 is 2.10 bits per heavy atom. The van der Waals surface area contributed by atoms with Crippen molar-refractivity contribution in [3.05, 3.63) is 96.7 Å². The molecule has 0 saturated carbocycles. The van der Waals surface area contributed by atoms with Crippen molar-refractivity contribution < 1.29 is 4.74 Å². The lowest BCUT2D eigenvalue weighted by molar-refractivity contribution is 0.227. The maximum Gasteiger partial charge on any atom is 0.0718 e. The molecule has 0 heterocycles. The lowest BCUT2D eigenvalue weighted by Gasteiger charge is -2.25. The van der Waals surface area contributed by atoms with Crippen molar-refractivity contribution in [2.45, 2.75) is 53.9 Å². The van der Waals surface area contributed by atoms with Crippen LogP contribution in [0.3, 0.4) is 0 Å². The van der Waals surface area contributed by atoms with Gasteiger partial charge in [0, 0.05) is 12.5 Å². The normalized spacial score (nSPS) is 20.9. The Bertz CT molecular complexity index is 711. The van der Waals surface area contributed by atoms with E-state index in [1.54, 1.807) is 7.11 Å². The molecule has 0 aliphatic heterocycles. The summed E-state index contributed by atoms with van der Waals surface area (Å²) in [5.41, 5.74) is 6.21. The first-order chi connectivity index (χ1) is 13.5. The van der Waals surface area contributed by atoms with Crippen LogP contribution in [0.1, 0.15) is 53.9 Å². The molecule has 1 heteroatoms. The van der Waals surface area contributed by atoms with Crippen LogP contribution in [-0.4, -0.2) is 13.7 Å². The molecule has 0 aromatic rings. The molecule has 0 spiro atoms. The van der Waals surface area contributed by atoms with E-state index < -0.39 is 0 Å². The summed E-state index contributed by atoms with van der Waals surface area (Å²) in [6, 6.07) is 0. The molecule has 0 fully saturated rings. The maximum absolute atomic E-state index is 5.37. The van der Waals surface area contributed by atoms with E-state index in [4.69, 9.17) is 4.74 Å². The van der Waals surface area contributed by atoms with Crippen molar-refractivity contribution in [3.8, 4) is 0 Å². The molecule has 0 aromatic heterocycles. The van der Waals surface area contributed by atoms with Gasteiger partial charge in [0.1, 0.15) is 0 Å². The number of hydrogen-bond donors (Lipinski definition) is 0. The topological polar surface area (TPSA) is 9.23 Å². The van der Waals surface area contributed by atoms with Gasteiger partial charge >= 0.3 is 0 Å². The Morgan fingerprint density at radius 2 is 1.69 bits per heavy atom. The summed E-state index contributed by atoms with van der Waals surface area (Å²) < 4.78 is 5.37. The van der Waals surface area contributed by atoms with Gasteiger partial charge in [0.2, 0.25) is 0 Å². The van der Waals surface area contributed by atoms with Gasteiger partial charge in [-0.15, -0.1) is 6.58 Å². The van der Waals surface area contributed by atoms with Crippen molar-refractivity contribution in [3.63, 3.8) is 0 Å². The molecule has 0 radical (unpaired) electrons. The summed E-state index contributed by atoms with van der Waals surface area (Å²) in [5, 5.41) is 0. The minimum absolute atomic E-state index is 0.00631. The monoisotopic (exact) mass is 394 g/mol. The largest absolute Gasteiger partial charge is 0.380 e. The summed E-state index contributed by atoms with van der Waals surface area (Å²) in [7, 11) is 1.70. The highest BCUT2D eigenvalue weighted by Crippen LogP contribution is 2.41. The predicted molar refractivity (Wildman–Crippen MR) is 132 cm³/mol. The molecule has 1 aliphatic rings. The zero-order chi connectivity index (χ0) is 22.6. The molecule has 1 rings (SSSR count). The molecule has 0 N–H and O–H groups in total. The lowest BCUT2D eigenvalue weighted by atomic mass is 9.79. The maximum atomic E-state index is 5.37. The van der Waals surface area contributed by atoms with Crippen LogP contribution in [0, 0.1) is 11.3 Å². The molecule has 0 amide bonds. The van der Waals surface area contributed by atoms with E-state index in [1.807, 2.05) is 19.1 Å². The van der Waals surface area contributed by atoms with E-state index in [0.717, 1.165) is 47.1 Å². The molecule has 0 aromatic carbocycles. The summed E-state index contributed by atoms with van der Waals surface area (Å²) >= 11 is 0. The van der Waals surface area contributed by atoms with E-state index in [0.29, 0.717) is 12.5 Å². The van der Waals surface area contributed by atoms with Crippen molar-refractivity contribution in [2.75, 3.05) is 13.7 Å². The fraction of sp³-hybridized carbons (Fsp3) is 0.429. The average molecular weight is 395 g/mol. The molecule has 160 valence electrons. The second-order valence-corrected chi connectivity index (χ2v) is 8.25. The Balaban J connectivity index is 0.00000139. The van der Waals surface area contributed by atoms with Crippen LogP contribution in [0.25, 0.3) is 0 Å². The third-order valence-corrected chi connectivity index (χ3v) is 5.27. The van der Waals surface area contributed by atoms with E-state index in [9.17, 15) is 0 Å². The number of allylic oxidation sites excluding steroid dienone is 9. The Hall–Kier alpha value is -2.12. The fourth-order valence-corrected chi connectivity index (χ4v) is 2.81. The van der Waals surface area contributed by atoms with Gasteiger partial charge in [0.25, 0.3) is 0 Å². The average Bonchev–Trinajstić information content (AvgIpc) is 3.05. The molecular formula is C28H42O. The van der Waals surface area contributed by atoms with Crippen LogP contribution >= 0.6 is 0 Å². The molecule has 1 unspecified atom stereocenters. The van der Waals surface area contributed by atoms with Crippen LogP contribution in [0.2, 0.25) is 0 Å². The van der Waals surface area contributed by atoms with Crippen LogP contribution < -0.4 is 0 Å². The Labute approximate surface area is 180 Å². The minimum Gasteiger partial charge on any atom is -0.380 e. The minimum atomic E-state index is 0.00631. The highest BCUT2D eigenvalue weighted by Gasteiger charge is 2.30. The van der Waals surface area contributed by atoms with Gasteiger partial charge in [-0.3, -0.25) is 0 Å². The Morgan fingerprint density at radius 1 is 1.10 bits per heavy atom. The van der Waals surface area contributed by atoms with E-state index in [-0.39, 0.29) is 5.41 Å². The molecule has 0 saturated heterocycles. The molecular weight excluding hydrogens is 352 g/mol. The second-order valence-electron chi connectivity index (χ2n) is 8.25. The first-order valence-electron chi connectivity index (χ1n) is 10.5. The third kappa shape index (κ3) is 9.76. The standard InChI is InChI=1S/C23H32O.C5H10/c1-9-17(2)10-11-19(4)21(6)22(16-24-8)14-20(5)23(7)13-12-18(3)15-23;1-4-5(2)3/h10-14,18H,2,4-6,9,15-16H2,1,3,7-8H3;2,4H2,1,3H3/b11-10-,22-14-;/t18?,23-;/m0./s1. The quantitative estimate of drug-likeness (QED) is 0.267. The smallest absolute Gasteiger partial charge is 0.0718 e. The highest BCUT2D eigenvalue weighted by molar-refractivity contribution is 5.52. The number of ether oxygens (including phenoxy) is 1. The molecule has 2 atom stereocenters. The van der Waals surface area contributed by atoms with E-state index >= 15 is 0 Å². The molecule has 1 aliphatic carbocycles. The summed E-state index contributed by atoms with van der Waals surface area (Å²) in [5.74, 6) is 0.590. The SMILES string of the molecule is C=C(/C=C\C(=C)C(=C)/C(=C\C(=C)[C@@]1(C)C=CC(C)C1)COC)CC.C=C(C)CC. The van der Waals surface area contributed by atoms with Gasteiger partial charge in [-0.25, -0.2) is 0 Å². The number of methoxy groups -OCH3 is 1. The van der Waals surface area contributed by atoms with Gasteiger partial charge in [-0.05, 0) is 54.4 Å². The van der Waals surface area contributed by atoms with Crippen molar-refractivity contribution >= 4 is 0 Å². The summed E-state index contributed by atoms with van der Waals surface area (Å²) in [6.45, 7) is 31.5. The van der Waals surface area contributed by atoms with Crippen LogP contribution in [-0.2, 0) is 4.74 Å². The fourth-order valence-electron chi connectivity index (χ4n) is 2.81. The first-order valence-corrected chi connectivity index (χ1v) is 10.5. The zero-order valence-electron chi connectivity index (χ0n) is 19.7. The van der Waals surface area contributed by atoms with Crippen molar-refractivity contribution in [1.82, 2.24) is 0 Å². The van der Waals surface area contributed by atoms with Crippen LogP contribution in [0.15, 0.2) is 96.7 Å². The Kier molecular flexibility index (Phi) is 12.2. The predicted octanol–water partition coefficient (Wildman–Crippen LogP) is 8.33. The summed E-state index contributed by atoms with van der Waals surface area (Å²) in [4.78, 5) is 0. The highest BCUT2D eigenvalue weighted by atomic mass is 16.5. The van der Waals surface area contributed by atoms with Gasteiger partial charge in [0.05, 0.1) is 6.61 Å². The van der Waals surface area contributed by atoms with E-state index in [2.05, 4.69) is 78.8 Å². The van der Waals surface area contributed by atoms with Gasteiger partial charge < -0.3 is 4.74 Å². The van der Waals surface area contributed by atoms with Gasteiger partial charge in [0.15, 0.2) is 0 Å². The first kappa shape index (κ1) is 26.9. The number of rotatable bonds is 10. The van der Waals surface area contributed by atoms with Crippen LogP contribution in [0.4, 0.5) is 0 Å². The molecule has 1 nitrogen and oxygen atoms in total. The summed E-state index contributed by atoms with van der Waals surface area (Å²) in [6.07, 6.45) is 13.7. The molecule has 29 heavy (non-hydrogen) atoms. The van der Waals surface area contributed by atoms with Crippen molar-refractivity contribution in [2.24, 2.45) is 11.3 Å². The second kappa shape index (κ2) is 13.2. The third-order valence-electron chi connectivity index (χ3n) is 5.27.